The van der Waals surface area contributed by atoms with Gasteiger partial charge >= 0.3 is 0 Å². The summed E-state index contributed by atoms with van der Waals surface area (Å²) in [6, 6.07) is 0.492. The predicted molar refractivity (Wildman–Crippen MR) is 128 cm³/mol. The Labute approximate surface area is 188 Å². The molecule has 0 aliphatic heterocycles. The van der Waals surface area contributed by atoms with Crippen LogP contribution in [-0.4, -0.2) is 6.04 Å². The summed E-state index contributed by atoms with van der Waals surface area (Å²) in [5.74, 6) is 6.79. The van der Waals surface area contributed by atoms with Crippen molar-refractivity contribution in [3.63, 3.8) is 0 Å². The highest BCUT2D eigenvalue weighted by atomic mass is 35.5. The molecule has 4 rings (SSSR count). The van der Waals surface area contributed by atoms with Crippen molar-refractivity contribution in [3.8, 4) is 0 Å². The second-order valence-corrected chi connectivity index (χ2v) is 12.7. The topological polar surface area (TPSA) is 26.0 Å². The fourth-order valence-electron chi connectivity index (χ4n) is 9.32. The van der Waals surface area contributed by atoms with Crippen LogP contribution in [0.5, 0.6) is 0 Å². The van der Waals surface area contributed by atoms with Gasteiger partial charge in [0.15, 0.2) is 0 Å². The van der Waals surface area contributed by atoms with E-state index in [-0.39, 0.29) is 12.4 Å². The Morgan fingerprint density at radius 1 is 0.828 bits per heavy atom. The van der Waals surface area contributed by atoms with E-state index in [9.17, 15) is 0 Å². The zero-order chi connectivity index (χ0) is 20.1. The highest BCUT2D eigenvalue weighted by Gasteiger charge is 2.60. The minimum Gasteiger partial charge on any atom is -0.328 e. The molecule has 0 radical (unpaired) electrons. The Kier molecular flexibility index (Phi) is 7.43. The maximum absolute atomic E-state index is 6.39. The molecule has 0 spiro atoms. The molecule has 4 saturated carbocycles. The molecule has 0 heterocycles. The fraction of sp³-hybridized carbons (Fsp3) is 1.00. The van der Waals surface area contributed by atoms with Crippen LogP contribution in [0.15, 0.2) is 0 Å². The van der Waals surface area contributed by atoms with E-state index < -0.39 is 0 Å². The van der Waals surface area contributed by atoms with Crippen LogP contribution in [0.25, 0.3) is 0 Å². The molecule has 2 heteroatoms. The molecule has 0 aromatic heterocycles. The molecule has 0 saturated heterocycles. The third-order valence-corrected chi connectivity index (χ3v) is 10.9. The van der Waals surface area contributed by atoms with Gasteiger partial charge in [0.2, 0.25) is 0 Å². The van der Waals surface area contributed by atoms with E-state index in [1.165, 1.54) is 77.0 Å². The van der Waals surface area contributed by atoms with Crippen molar-refractivity contribution in [2.24, 2.45) is 58.0 Å². The smallest absolute Gasteiger partial charge is 0.00418 e. The number of halogens is 1. The van der Waals surface area contributed by atoms with Crippen molar-refractivity contribution in [1.82, 2.24) is 0 Å². The number of rotatable bonds is 5. The molecule has 0 amide bonds. The minimum atomic E-state index is 0. The van der Waals surface area contributed by atoms with Gasteiger partial charge in [-0.25, -0.2) is 0 Å². The third-order valence-electron chi connectivity index (χ3n) is 10.9. The van der Waals surface area contributed by atoms with Gasteiger partial charge in [0.05, 0.1) is 0 Å². The minimum absolute atomic E-state index is 0. The van der Waals surface area contributed by atoms with E-state index in [0.29, 0.717) is 16.9 Å². The molecule has 4 fully saturated rings. The molecule has 9 atom stereocenters. The maximum Gasteiger partial charge on any atom is 0.00418 e. The normalized spacial score (nSPS) is 47.7. The van der Waals surface area contributed by atoms with Crippen LogP contribution in [0.1, 0.15) is 112 Å². The molecule has 1 unspecified atom stereocenters. The van der Waals surface area contributed by atoms with E-state index in [4.69, 9.17) is 5.73 Å². The summed E-state index contributed by atoms with van der Waals surface area (Å²) in [6.45, 7) is 12.8. The van der Waals surface area contributed by atoms with Crippen molar-refractivity contribution in [2.45, 2.75) is 118 Å². The predicted octanol–water partition coefficient (Wildman–Crippen LogP) is 7.86. The lowest BCUT2D eigenvalue weighted by molar-refractivity contribution is -0.116. The SMILES string of the molecule is CC(C)CCC[C@@H](C)[C@H]1CC[C@H]2[C@@H]3CC[C@H]4CC(N)CC[C@]4(C)[C@H]3CC[C@]12C.Cl. The van der Waals surface area contributed by atoms with Crippen LogP contribution in [0.4, 0.5) is 0 Å². The van der Waals surface area contributed by atoms with Gasteiger partial charge in [0, 0.05) is 6.04 Å². The molecule has 0 bridgehead atoms. The fourth-order valence-corrected chi connectivity index (χ4v) is 9.32. The monoisotopic (exact) mass is 423 g/mol. The summed E-state index contributed by atoms with van der Waals surface area (Å²) in [7, 11) is 0. The first-order valence-electron chi connectivity index (χ1n) is 13.0. The van der Waals surface area contributed by atoms with Gasteiger partial charge in [0.1, 0.15) is 0 Å². The van der Waals surface area contributed by atoms with Crippen molar-refractivity contribution in [2.75, 3.05) is 0 Å². The Morgan fingerprint density at radius 2 is 1.52 bits per heavy atom. The van der Waals surface area contributed by atoms with Crippen LogP contribution in [0.3, 0.4) is 0 Å². The average Bonchev–Trinajstić information content (AvgIpc) is 2.99. The van der Waals surface area contributed by atoms with Gasteiger partial charge in [-0.2, -0.15) is 0 Å². The zero-order valence-electron chi connectivity index (χ0n) is 20.1. The number of nitrogens with two attached hydrogens (primary N) is 1. The largest absolute Gasteiger partial charge is 0.328 e. The molecule has 0 aromatic rings. The van der Waals surface area contributed by atoms with E-state index in [1.54, 1.807) is 0 Å². The molecule has 1 nitrogen and oxygen atoms in total. The van der Waals surface area contributed by atoms with E-state index in [0.717, 1.165) is 41.4 Å². The van der Waals surface area contributed by atoms with Crippen molar-refractivity contribution in [3.05, 3.63) is 0 Å². The Hall–Kier alpha value is 0.250. The molecule has 2 N–H and O–H groups in total. The molecular formula is C27H50ClN. The Bertz CT molecular complexity index is 547. The van der Waals surface area contributed by atoms with E-state index in [1.807, 2.05) is 0 Å². The van der Waals surface area contributed by atoms with Gasteiger partial charge in [-0.1, -0.05) is 53.9 Å². The first-order valence-corrected chi connectivity index (χ1v) is 13.0. The summed E-state index contributed by atoms with van der Waals surface area (Å²) >= 11 is 0. The first-order chi connectivity index (χ1) is 13.3. The second kappa shape index (κ2) is 9.01. The third kappa shape index (κ3) is 4.18. The van der Waals surface area contributed by atoms with Crippen molar-refractivity contribution in [1.29, 1.82) is 0 Å². The number of fused-ring (bicyclic) bond motifs is 5. The van der Waals surface area contributed by atoms with Gasteiger partial charge in [-0.3, -0.25) is 0 Å². The molecule has 29 heavy (non-hydrogen) atoms. The molecular weight excluding hydrogens is 374 g/mol. The molecule has 0 aromatic carbocycles. The highest BCUT2D eigenvalue weighted by Crippen LogP contribution is 2.68. The lowest BCUT2D eigenvalue weighted by Crippen LogP contribution is -2.54. The van der Waals surface area contributed by atoms with Gasteiger partial charge < -0.3 is 5.73 Å². The number of hydrogen-bond acceptors (Lipinski definition) is 1. The molecule has 4 aliphatic rings. The summed E-state index contributed by atoms with van der Waals surface area (Å²) in [5, 5.41) is 0. The Balaban J connectivity index is 0.00000240. The van der Waals surface area contributed by atoms with Crippen LogP contribution in [0, 0.1) is 52.3 Å². The van der Waals surface area contributed by atoms with Crippen LogP contribution in [0.2, 0.25) is 0 Å². The maximum atomic E-state index is 6.39. The van der Waals surface area contributed by atoms with E-state index >= 15 is 0 Å². The van der Waals surface area contributed by atoms with Crippen LogP contribution < -0.4 is 5.73 Å². The quantitative estimate of drug-likeness (QED) is 0.478. The summed E-state index contributed by atoms with van der Waals surface area (Å²) < 4.78 is 0. The van der Waals surface area contributed by atoms with Crippen molar-refractivity contribution >= 4 is 12.4 Å². The summed E-state index contributed by atoms with van der Waals surface area (Å²) in [5.41, 5.74) is 7.64. The molecule has 4 aliphatic carbocycles. The van der Waals surface area contributed by atoms with Crippen molar-refractivity contribution < 1.29 is 0 Å². The lowest BCUT2D eigenvalue weighted by Gasteiger charge is -2.61. The highest BCUT2D eigenvalue weighted by molar-refractivity contribution is 5.85. The van der Waals surface area contributed by atoms with Gasteiger partial charge in [-0.15, -0.1) is 12.4 Å². The summed E-state index contributed by atoms with van der Waals surface area (Å²) in [4.78, 5) is 0. The van der Waals surface area contributed by atoms with Crippen LogP contribution in [-0.2, 0) is 0 Å². The van der Waals surface area contributed by atoms with Gasteiger partial charge in [0.25, 0.3) is 0 Å². The Morgan fingerprint density at radius 3 is 2.24 bits per heavy atom. The van der Waals surface area contributed by atoms with Crippen LogP contribution >= 0.6 is 12.4 Å². The standard InChI is InChI=1S/C27H49N.ClH/c1-18(2)7-6-8-19(3)23-11-12-24-22-10-9-20-17-21(28)13-15-26(20,4)25(22)14-16-27(23,24)5;/h18-25H,6-17,28H2,1-5H3;1H/t19-,20+,21?,22+,23-,24+,25+,26+,27-;/m1./s1. The second-order valence-electron chi connectivity index (χ2n) is 12.7. The lowest BCUT2D eigenvalue weighted by atomic mass is 9.44. The molecule has 170 valence electrons. The average molecular weight is 424 g/mol. The first kappa shape index (κ1) is 23.9. The summed E-state index contributed by atoms with van der Waals surface area (Å²) in [6.07, 6.45) is 17.5. The zero-order valence-corrected chi connectivity index (χ0v) is 20.9. The van der Waals surface area contributed by atoms with Gasteiger partial charge in [-0.05, 0) is 110 Å². The van der Waals surface area contributed by atoms with E-state index in [2.05, 4.69) is 34.6 Å². The number of hydrogen-bond donors (Lipinski definition) is 1.